The van der Waals surface area contributed by atoms with Gasteiger partial charge in [0.1, 0.15) is 0 Å². The molecular formula is C11H12OS. The van der Waals surface area contributed by atoms with Gasteiger partial charge in [-0.1, -0.05) is 48.6 Å². The van der Waals surface area contributed by atoms with Gasteiger partial charge in [0, 0.05) is 22.5 Å². The average Bonchev–Trinajstić information content (AvgIpc) is 2.14. The molecule has 0 saturated carbocycles. The zero-order valence-electron chi connectivity index (χ0n) is 7.51. The van der Waals surface area contributed by atoms with Crippen LogP contribution in [0.3, 0.4) is 0 Å². The number of hydrogen-bond donors (Lipinski definition) is 0. The van der Waals surface area contributed by atoms with Crippen LogP contribution in [-0.4, -0.2) is 10.5 Å². The van der Waals surface area contributed by atoms with Crippen LogP contribution in [0.2, 0.25) is 0 Å². The molecule has 0 amide bonds. The molecule has 0 aliphatic heterocycles. The average molecular weight is 192 g/mol. The molecule has 0 aliphatic carbocycles. The molecule has 0 fully saturated rings. The highest BCUT2D eigenvalue weighted by Crippen LogP contribution is 2.00. The van der Waals surface area contributed by atoms with E-state index in [2.05, 4.69) is 0 Å². The Hall–Kier alpha value is -1.15. The molecule has 2 heteroatoms. The maximum Gasteiger partial charge on any atom is 0.0424 e. The molecule has 1 nitrogen and oxygen atoms in total. The third kappa shape index (κ3) is 4.43. The lowest BCUT2D eigenvalue weighted by Crippen LogP contribution is -1.72. The third-order valence-electron chi connectivity index (χ3n) is 1.47. The smallest absolute Gasteiger partial charge is 0.0424 e. The van der Waals surface area contributed by atoms with Crippen molar-refractivity contribution in [1.82, 2.24) is 0 Å². The molecule has 0 aliphatic rings. The Labute approximate surface area is 81.3 Å². The van der Waals surface area contributed by atoms with Crippen molar-refractivity contribution in [3.8, 4) is 0 Å². The summed E-state index contributed by atoms with van der Waals surface area (Å²) in [5.41, 5.74) is 1.15. The van der Waals surface area contributed by atoms with E-state index in [0.29, 0.717) is 0 Å². The fourth-order valence-corrected chi connectivity index (χ4v) is 1.20. The van der Waals surface area contributed by atoms with Crippen molar-refractivity contribution in [3.05, 3.63) is 53.5 Å². The lowest BCUT2D eigenvalue weighted by Gasteiger charge is -1.88. The van der Waals surface area contributed by atoms with Gasteiger partial charge < -0.3 is 0 Å². The highest BCUT2D eigenvalue weighted by Gasteiger charge is 1.80. The summed E-state index contributed by atoms with van der Waals surface area (Å²) in [5.74, 6) is 0. The third-order valence-corrected chi connectivity index (χ3v) is 2.01. The molecule has 0 saturated heterocycles. The SMILES string of the molecule is C[S@](=O)/C=C\C=C/c1ccccc1. The van der Waals surface area contributed by atoms with Gasteiger partial charge in [0.2, 0.25) is 0 Å². The van der Waals surface area contributed by atoms with E-state index >= 15 is 0 Å². The first-order chi connectivity index (χ1) is 6.29. The van der Waals surface area contributed by atoms with E-state index in [9.17, 15) is 4.21 Å². The van der Waals surface area contributed by atoms with E-state index < -0.39 is 10.8 Å². The lowest BCUT2D eigenvalue weighted by molar-refractivity contribution is 0.691. The summed E-state index contributed by atoms with van der Waals surface area (Å²) in [6.07, 6.45) is 7.30. The van der Waals surface area contributed by atoms with Gasteiger partial charge in [-0.05, 0) is 5.56 Å². The van der Waals surface area contributed by atoms with Gasteiger partial charge in [0.15, 0.2) is 0 Å². The molecule has 1 rings (SSSR count). The minimum absolute atomic E-state index is 0.855. The van der Waals surface area contributed by atoms with Gasteiger partial charge in [-0.15, -0.1) is 0 Å². The quantitative estimate of drug-likeness (QED) is 0.673. The Balaban J connectivity index is 2.55. The van der Waals surface area contributed by atoms with Crippen LogP contribution in [0.15, 0.2) is 47.9 Å². The molecule has 1 atom stereocenters. The molecule has 68 valence electrons. The Morgan fingerprint density at radius 3 is 2.46 bits per heavy atom. The number of allylic oxidation sites excluding steroid dienone is 2. The number of hydrogen-bond acceptors (Lipinski definition) is 1. The van der Waals surface area contributed by atoms with E-state index in [1.54, 1.807) is 17.7 Å². The first kappa shape index (κ1) is 9.93. The van der Waals surface area contributed by atoms with Crippen LogP contribution in [0.25, 0.3) is 6.08 Å². The highest BCUT2D eigenvalue weighted by molar-refractivity contribution is 7.87. The van der Waals surface area contributed by atoms with E-state index in [1.807, 2.05) is 42.5 Å². The molecule has 1 aromatic carbocycles. The fourth-order valence-electron chi connectivity index (χ4n) is 0.887. The van der Waals surface area contributed by atoms with Gasteiger partial charge in [0.05, 0.1) is 0 Å². The van der Waals surface area contributed by atoms with Crippen molar-refractivity contribution in [3.63, 3.8) is 0 Å². The second-order valence-corrected chi connectivity index (χ2v) is 3.87. The molecule has 0 aromatic heterocycles. The van der Waals surface area contributed by atoms with E-state index in [1.165, 1.54) is 0 Å². The molecule has 0 spiro atoms. The zero-order valence-corrected chi connectivity index (χ0v) is 8.33. The van der Waals surface area contributed by atoms with Crippen LogP contribution in [-0.2, 0) is 10.8 Å². The molecule has 0 radical (unpaired) electrons. The van der Waals surface area contributed by atoms with Gasteiger partial charge in [-0.3, -0.25) is 4.21 Å². The van der Waals surface area contributed by atoms with Crippen LogP contribution in [0.1, 0.15) is 5.56 Å². The largest absolute Gasteiger partial charge is 0.255 e. The summed E-state index contributed by atoms with van der Waals surface area (Å²) >= 11 is 0. The van der Waals surface area contributed by atoms with Crippen molar-refractivity contribution in [2.24, 2.45) is 0 Å². The minimum atomic E-state index is -0.855. The summed E-state index contributed by atoms with van der Waals surface area (Å²) in [5, 5.41) is 1.65. The Morgan fingerprint density at radius 1 is 1.15 bits per heavy atom. The predicted molar refractivity (Wildman–Crippen MR) is 58.7 cm³/mol. The van der Waals surface area contributed by atoms with Crippen LogP contribution in [0.4, 0.5) is 0 Å². The van der Waals surface area contributed by atoms with E-state index in [4.69, 9.17) is 0 Å². The summed E-state index contributed by atoms with van der Waals surface area (Å²) in [7, 11) is -0.855. The highest BCUT2D eigenvalue weighted by atomic mass is 32.2. The molecule has 0 N–H and O–H groups in total. The maximum absolute atomic E-state index is 10.6. The Bertz CT molecular complexity index is 325. The lowest BCUT2D eigenvalue weighted by atomic mass is 10.2. The fraction of sp³-hybridized carbons (Fsp3) is 0.0909. The molecule has 0 unspecified atom stereocenters. The van der Waals surface area contributed by atoms with Crippen molar-refractivity contribution >= 4 is 16.9 Å². The van der Waals surface area contributed by atoms with Crippen LogP contribution in [0.5, 0.6) is 0 Å². The topological polar surface area (TPSA) is 17.1 Å². The van der Waals surface area contributed by atoms with E-state index in [0.717, 1.165) is 5.56 Å². The van der Waals surface area contributed by atoms with Crippen molar-refractivity contribution < 1.29 is 4.21 Å². The van der Waals surface area contributed by atoms with Gasteiger partial charge in [-0.2, -0.15) is 0 Å². The first-order valence-corrected chi connectivity index (χ1v) is 5.63. The molecular weight excluding hydrogens is 180 g/mol. The second kappa shape index (κ2) is 5.49. The van der Waals surface area contributed by atoms with Gasteiger partial charge in [-0.25, -0.2) is 0 Å². The maximum atomic E-state index is 10.6. The van der Waals surface area contributed by atoms with Crippen molar-refractivity contribution in [2.75, 3.05) is 6.26 Å². The normalized spacial score (nSPS) is 13.9. The second-order valence-electron chi connectivity index (χ2n) is 2.60. The van der Waals surface area contributed by atoms with Crippen molar-refractivity contribution in [2.45, 2.75) is 0 Å². The van der Waals surface area contributed by atoms with E-state index in [-0.39, 0.29) is 0 Å². The summed E-state index contributed by atoms with van der Waals surface area (Å²) in [6.45, 7) is 0. The molecule has 0 heterocycles. The Kier molecular flexibility index (Phi) is 4.19. The number of benzene rings is 1. The van der Waals surface area contributed by atoms with Gasteiger partial charge >= 0.3 is 0 Å². The summed E-state index contributed by atoms with van der Waals surface area (Å²) in [4.78, 5) is 0. The van der Waals surface area contributed by atoms with Crippen molar-refractivity contribution in [1.29, 1.82) is 0 Å². The summed E-state index contributed by atoms with van der Waals surface area (Å²) < 4.78 is 10.6. The predicted octanol–water partition coefficient (Wildman–Crippen LogP) is 2.59. The minimum Gasteiger partial charge on any atom is -0.255 e. The number of rotatable bonds is 3. The van der Waals surface area contributed by atoms with Crippen LogP contribution >= 0.6 is 0 Å². The van der Waals surface area contributed by atoms with Crippen LogP contribution < -0.4 is 0 Å². The molecule has 0 bridgehead atoms. The first-order valence-electron chi connectivity index (χ1n) is 4.01. The molecule has 1 aromatic rings. The van der Waals surface area contributed by atoms with Gasteiger partial charge in [0.25, 0.3) is 0 Å². The summed E-state index contributed by atoms with van der Waals surface area (Å²) in [6, 6.07) is 10.00. The molecule has 13 heavy (non-hydrogen) atoms. The van der Waals surface area contributed by atoms with Crippen LogP contribution in [0, 0.1) is 0 Å². The standard InChI is InChI=1S/C11H12OS/c1-13(12)10-6-5-9-11-7-3-2-4-8-11/h2-10H,1H3/b9-5-,10-6-/t13-/m0/s1. The Morgan fingerprint density at radius 2 is 1.85 bits per heavy atom. The monoisotopic (exact) mass is 192 g/mol. The zero-order chi connectivity index (χ0) is 9.52.